The molecule has 0 heterocycles. The molecular formula is C35H43NO9. The average Bonchev–Trinajstić information content (AvgIpc) is 3.30. The lowest BCUT2D eigenvalue weighted by molar-refractivity contribution is -0.191. The Kier molecular flexibility index (Phi) is 9.06. The molecule has 0 unspecified atom stereocenters. The van der Waals surface area contributed by atoms with Crippen molar-refractivity contribution in [3.05, 3.63) is 47.5 Å². The quantitative estimate of drug-likeness (QED) is 0.355. The first-order valence-electron chi connectivity index (χ1n) is 16.0. The van der Waals surface area contributed by atoms with E-state index in [2.05, 4.69) is 12.2 Å². The second-order valence-electron chi connectivity index (χ2n) is 13.7. The van der Waals surface area contributed by atoms with Crippen LogP contribution in [-0.4, -0.2) is 52.7 Å². The van der Waals surface area contributed by atoms with Crippen molar-refractivity contribution in [1.82, 2.24) is 5.32 Å². The maximum absolute atomic E-state index is 13.9. The maximum atomic E-state index is 13.9. The van der Waals surface area contributed by atoms with Gasteiger partial charge in [0.1, 0.15) is 0 Å². The molecule has 2 N–H and O–H groups in total. The number of carboxylic acids is 1. The molecule has 0 radical (unpaired) electrons. The van der Waals surface area contributed by atoms with E-state index in [1.807, 2.05) is 13.0 Å². The molecule has 0 aliphatic heterocycles. The summed E-state index contributed by atoms with van der Waals surface area (Å²) in [4.78, 5) is 75.3. The number of nitrogens with one attached hydrogen (secondary N) is 1. The summed E-state index contributed by atoms with van der Waals surface area (Å²) in [6.45, 7) is 5.03. The van der Waals surface area contributed by atoms with Crippen LogP contribution in [0.3, 0.4) is 0 Å². The second kappa shape index (κ2) is 12.5. The smallest absolute Gasteiger partial charge is 0.330 e. The Balaban J connectivity index is 1.23. The van der Waals surface area contributed by atoms with Crippen LogP contribution in [0.25, 0.3) is 0 Å². The number of carbonyl (C=O) groups is 6. The third-order valence-corrected chi connectivity index (χ3v) is 11.5. The molecule has 0 spiro atoms. The molecule has 10 heteroatoms. The van der Waals surface area contributed by atoms with E-state index in [1.165, 1.54) is 12.5 Å². The molecular weight excluding hydrogens is 578 g/mol. The summed E-state index contributed by atoms with van der Waals surface area (Å²) in [5.41, 5.74) is -0.441. The zero-order valence-corrected chi connectivity index (χ0v) is 26.3. The van der Waals surface area contributed by atoms with Crippen molar-refractivity contribution in [2.45, 2.75) is 96.6 Å². The van der Waals surface area contributed by atoms with Gasteiger partial charge in [-0.3, -0.25) is 24.0 Å². The fraction of sp³-hybridized carbons (Fsp3) is 0.600. The topological polar surface area (TPSA) is 153 Å². The van der Waals surface area contributed by atoms with Crippen LogP contribution in [0, 0.1) is 28.6 Å². The second-order valence-corrected chi connectivity index (χ2v) is 13.7. The van der Waals surface area contributed by atoms with Gasteiger partial charge >= 0.3 is 17.9 Å². The molecule has 3 saturated carbocycles. The first kappa shape index (κ1) is 32.6. The lowest BCUT2D eigenvalue weighted by atomic mass is 9.46. The minimum absolute atomic E-state index is 0.0394. The first-order chi connectivity index (χ1) is 21.3. The summed E-state index contributed by atoms with van der Waals surface area (Å²) in [5.74, 6) is -2.62. The highest BCUT2D eigenvalue weighted by Gasteiger charge is 2.68. The zero-order chi connectivity index (χ0) is 32.6. The highest BCUT2D eigenvalue weighted by Crippen LogP contribution is 2.68. The van der Waals surface area contributed by atoms with Gasteiger partial charge in [0.2, 0.25) is 11.7 Å². The van der Waals surface area contributed by atoms with E-state index in [9.17, 15) is 33.9 Å². The van der Waals surface area contributed by atoms with E-state index < -0.39 is 53.3 Å². The highest BCUT2D eigenvalue weighted by molar-refractivity contribution is 5.94. The van der Waals surface area contributed by atoms with Crippen LogP contribution in [0.5, 0.6) is 0 Å². The summed E-state index contributed by atoms with van der Waals surface area (Å²) in [7, 11) is 0. The number of Topliss-reactive ketones (excluding diaryl/α,β-unsaturated/α-hetero) is 1. The molecule has 5 rings (SSSR count). The fourth-order valence-corrected chi connectivity index (χ4v) is 9.20. The number of allylic oxidation sites excluding steroid dienone is 1. The van der Waals surface area contributed by atoms with Gasteiger partial charge in [0.25, 0.3) is 0 Å². The molecule has 45 heavy (non-hydrogen) atoms. The van der Waals surface area contributed by atoms with Crippen LogP contribution < -0.4 is 5.32 Å². The number of hydrogen-bond donors (Lipinski definition) is 2. The predicted octanol–water partition coefficient (Wildman–Crippen LogP) is 4.65. The number of aliphatic carboxylic acids is 1. The summed E-state index contributed by atoms with van der Waals surface area (Å²) in [6, 6.07) is 6.96. The summed E-state index contributed by atoms with van der Waals surface area (Å²) < 4.78 is 11.3. The van der Waals surface area contributed by atoms with E-state index in [1.54, 1.807) is 30.3 Å². The van der Waals surface area contributed by atoms with E-state index >= 15 is 0 Å². The Morgan fingerprint density at radius 3 is 2.36 bits per heavy atom. The number of carboxylic acid groups (broad SMARTS) is 1. The number of ketones is 2. The van der Waals surface area contributed by atoms with Crippen LogP contribution in [0.4, 0.5) is 0 Å². The van der Waals surface area contributed by atoms with Crippen molar-refractivity contribution in [2.24, 2.45) is 28.6 Å². The average molecular weight is 622 g/mol. The third kappa shape index (κ3) is 5.95. The molecule has 10 nitrogen and oxygen atoms in total. The molecule has 4 aliphatic rings. The molecule has 1 aromatic carbocycles. The lowest BCUT2D eigenvalue weighted by Crippen LogP contribution is -2.59. The number of benzene rings is 1. The van der Waals surface area contributed by atoms with Gasteiger partial charge < -0.3 is 19.9 Å². The summed E-state index contributed by atoms with van der Waals surface area (Å²) in [6.07, 6.45) is 6.97. The van der Waals surface area contributed by atoms with E-state index in [0.717, 1.165) is 25.7 Å². The van der Waals surface area contributed by atoms with Crippen molar-refractivity contribution in [1.29, 1.82) is 0 Å². The molecule has 0 bridgehead atoms. The van der Waals surface area contributed by atoms with E-state index in [-0.39, 0.29) is 30.0 Å². The van der Waals surface area contributed by atoms with Crippen molar-refractivity contribution in [3.8, 4) is 0 Å². The number of carbonyl (C=O) groups excluding carboxylic acids is 5. The SMILES string of the molecule is CC(=O)O[C@@]1(C(=O)COC(=O)CCC(=O)N[C@H](C(=O)O)c2ccccc2)CC[C@@H]2[C@@H]3CCC4=CC(=O)CC[C@]4(C)[C@@H]3CC[C@@]21C. The van der Waals surface area contributed by atoms with Crippen LogP contribution in [-0.2, 0) is 38.2 Å². The van der Waals surface area contributed by atoms with Gasteiger partial charge in [-0.1, -0.05) is 49.8 Å². The number of amides is 1. The van der Waals surface area contributed by atoms with Crippen LogP contribution >= 0.6 is 0 Å². The van der Waals surface area contributed by atoms with E-state index in [4.69, 9.17) is 9.47 Å². The highest BCUT2D eigenvalue weighted by atomic mass is 16.6. The standard InChI is InChI=1S/C35H43NO9/c1-21(37)45-35(28(39)20-44-30(41)12-11-29(40)36-31(32(42)43)22-7-5-4-6-8-22)18-15-27-25-10-9-23-19-24(38)13-16-33(23,2)26(25)14-17-34(27,35)3/h4-8,19,25-27,31H,9-18,20H2,1-3H3,(H,36,40)(H,42,43)/t25-,26-,27-,31+,33+,34+,35-/m1/s1. The fourth-order valence-electron chi connectivity index (χ4n) is 9.20. The van der Waals surface area contributed by atoms with Crippen molar-refractivity contribution in [2.75, 3.05) is 6.61 Å². The Hall–Kier alpha value is -3.82. The monoisotopic (exact) mass is 621 g/mol. The maximum Gasteiger partial charge on any atom is 0.330 e. The molecule has 0 aromatic heterocycles. The normalized spacial score (nSPS) is 32.6. The van der Waals surface area contributed by atoms with Crippen LogP contribution in [0.2, 0.25) is 0 Å². The number of esters is 2. The molecule has 0 saturated heterocycles. The minimum atomic E-state index is -1.42. The number of rotatable bonds is 10. The molecule has 4 aliphatic carbocycles. The number of fused-ring (bicyclic) bond motifs is 5. The molecule has 1 aromatic rings. The Morgan fingerprint density at radius 1 is 0.956 bits per heavy atom. The number of hydrogen-bond acceptors (Lipinski definition) is 8. The van der Waals surface area contributed by atoms with Crippen LogP contribution in [0.15, 0.2) is 42.0 Å². The van der Waals surface area contributed by atoms with Gasteiger partial charge in [-0.05, 0) is 79.8 Å². The van der Waals surface area contributed by atoms with Crippen molar-refractivity contribution < 1.29 is 43.3 Å². The van der Waals surface area contributed by atoms with Gasteiger partial charge in [0.15, 0.2) is 24.0 Å². The van der Waals surface area contributed by atoms with E-state index in [0.29, 0.717) is 43.1 Å². The van der Waals surface area contributed by atoms with Gasteiger partial charge in [-0.2, -0.15) is 0 Å². The summed E-state index contributed by atoms with van der Waals surface area (Å²) >= 11 is 0. The van der Waals surface area contributed by atoms with Crippen LogP contribution in [0.1, 0.15) is 96.6 Å². The lowest BCUT2D eigenvalue weighted by Gasteiger charge is -2.59. The molecule has 242 valence electrons. The van der Waals surface area contributed by atoms with Crippen molar-refractivity contribution in [3.63, 3.8) is 0 Å². The summed E-state index contributed by atoms with van der Waals surface area (Å²) in [5, 5.41) is 12.0. The first-order valence-corrected chi connectivity index (χ1v) is 16.0. The third-order valence-electron chi connectivity index (χ3n) is 11.5. The minimum Gasteiger partial charge on any atom is -0.479 e. The molecule has 7 atom stereocenters. The molecule has 1 amide bonds. The zero-order valence-electron chi connectivity index (χ0n) is 26.3. The largest absolute Gasteiger partial charge is 0.479 e. The number of ether oxygens (including phenoxy) is 2. The Bertz CT molecular complexity index is 1420. The van der Waals surface area contributed by atoms with Crippen molar-refractivity contribution >= 4 is 35.4 Å². The van der Waals surface area contributed by atoms with Gasteiger partial charge in [-0.15, -0.1) is 0 Å². The molecule has 3 fully saturated rings. The predicted molar refractivity (Wildman–Crippen MR) is 161 cm³/mol. The van der Waals surface area contributed by atoms with Gasteiger partial charge in [-0.25, -0.2) is 4.79 Å². The Labute approximate surface area is 263 Å². The Morgan fingerprint density at radius 2 is 1.67 bits per heavy atom. The van der Waals surface area contributed by atoms with Gasteiger partial charge in [0, 0.05) is 25.2 Å². The van der Waals surface area contributed by atoms with Gasteiger partial charge in [0.05, 0.1) is 6.42 Å².